The van der Waals surface area contributed by atoms with Gasteiger partial charge in [0.2, 0.25) is 21.8 Å². The molecule has 0 bridgehead atoms. The van der Waals surface area contributed by atoms with Gasteiger partial charge >= 0.3 is 0 Å². The Morgan fingerprint density at radius 1 is 1.06 bits per heavy atom. The summed E-state index contributed by atoms with van der Waals surface area (Å²) in [6, 6.07) is 13.0. The van der Waals surface area contributed by atoms with E-state index in [1.807, 2.05) is 12.1 Å². The molecule has 2 aliphatic heterocycles. The summed E-state index contributed by atoms with van der Waals surface area (Å²) in [6.45, 7) is 4.55. The number of piperidine rings is 1. The van der Waals surface area contributed by atoms with E-state index < -0.39 is 15.4 Å². The summed E-state index contributed by atoms with van der Waals surface area (Å²) in [5.74, 6) is -0.409. The largest absolute Gasteiger partial charge is 0.348 e. The summed E-state index contributed by atoms with van der Waals surface area (Å²) in [6.07, 6.45) is 5.66. The molecule has 1 fully saturated rings. The molecule has 7 nitrogen and oxygen atoms in total. The summed E-state index contributed by atoms with van der Waals surface area (Å²) >= 11 is 0. The number of anilines is 1. The summed E-state index contributed by atoms with van der Waals surface area (Å²) in [4.78, 5) is 28.1. The Morgan fingerprint density at radius 2 is 1.80 bits per heavy atom. The minimum atomic E-state index is -3.62. The van der Waals surface area contributed by atoms with Crippen LogP contribution in [0.4, 0.5) is 5.69 Å². The Balaban J connectivity index is 1.38. The zero-order valence-corrected chi connectivity index (χ0v) is 21.2. The molecule has 2 heterocycles. The number of carbonyl (C=O) groups excluding carboxylic acids is 2. The molecular weight excluding hydrogens is 462 g/mol. The lowest BCUT2D eigenvalue weighted by Gasteiger charge is -2.27. The Kier molecular flexibility index (Phi) is 6.21. The van der Waals surface area contributed by atoms with Crippen molar-refractivity contribution >= 4 is 27.5 Å². The Hall–Kier alpha value is -2.71. The van der Waals surface area contributed by atoms with Gasteiger partial charge in [-0.15, -0.1) is 0 Å². The Labute approximate surface area is 207 Å². The number of aryl methyl sites for hydroxylation is 1. The molecule has 3 aliphatic rings. The lowest BCUT2D eigenvalue weighted by Crippen LogP contribution is -2.44. The second kappa shape index (κ2) is 9.06. The van der Waals surface area contributed by atoms with Crippen LogP contribution in [0.25, 0.3) is 0 Å². The van der Waals surface area contributed by atoms with E-state index in [-0.39, 0.29) is 29.3 Å². The van der Waals surface area contributed by atoms with Crippen LogP contribution in [0.5, 0.6) is 0 Å². The molecule has 2 amide bonds. The number of nitrogens with zero attached hydrogens (tertiary/aromatic N) is 2. The number of sulfonamides is 1. The van der Waals surface area contributed by atoms with E-state index in [4.69, 9.17) is 0 Å². The number of fused-ring (bicyclic) bond motifs is 2. The van der Waals surface area contributed by atoms with Crippen molar-refractivity contribution < 1.29 is 18.0 Å². The van der Waals surface area contributed by atoms with Crippen molar-refractivity contribution in [1.29, 1.82) is 0 Å². The minimum absolute atomic E-state index is 0.0605. The molecule has 1 saturated heterocycles. The molecule has 1 aliphatic carbocycles. The van der Waals surface area contributed by atoms with Gasteiger partial charge in [0.05, 0.1) is 16.4 Å². The van der Waals surface area contributed by atoms with Crippen molar-refractivity contribution in [2.24, 2.45) is 0 Å². The maximum absolute atomic E-state index is 13.4. The third-order valence-corrected chi connectivity index (χ3v) is 9.57. The predicted molar refractivity (Wildman–Crippen MR) is 135 cm³/mol. The van der Waals surface area contributed by atoms with Crippen LogP contribution in [0.3, 0.4) is 0 Å². The zero-order chi connectivity index (χ0) is 24.8. The zero-order valence-electron chi connectivity index (χ0n) is 20.4. The molecule has 0 radical (unpaired) electrons. The first-order valence-electron chi connectivity index (χ1n) is 12.5. The van der Waals surface area contributed by atoms with Crippen molar-refractivity contribution in [3.05, 3.63) is 59.2 Å². The van der Waals surface area contributed by atoms with Crippen molar-refractivity contribution in [3.8, 4) is 0 Å². The van der Waals surface area contributed by atoms with Crippen molar-refractivity contribution in [2.75, 3.05) is 24.5 Å². The van der Waals surface area contributed by atoms with Crippen molar-refractivity contribution in [3.63, 3.8) is 0 Å². The maximum atomic E-state index is 13.4. The second-order valence-electron chi connectivity index (χ2n) is 10.4. The molecule has 186 valence electrons. The van der Waals surface area contributed by atoms with E-state index in [1.165, 1.54) is 14.8 Å². The van der Waals surface area contributed by atoms with Gasteiger partial charge in [-0.3, -0.25) is 9.59 Å². The number of nitrogens with one attached hydrogen (secondary N) is 1. The highest BCUT2D eigenvalue weighted by Gasteiger charge is 2.45. The average molecular weight is 496 g/mol. The van der Waals surface area contributed by atoms with E-state index in [2.05, 4.69) is 17.4 Å². The van der Waals surface area contributed by atoms with Gasteiger partial charge in [-0.2, -0.15) is 4.31 Å². The maximum Gasteiger partial charge on any atom is 0.243 e. The van der Waals surface area contributed by atoms with Gasteiger partial charge in [0.25, 0.3) is 0 Å². The highest BCUT2D eigenvalue weighted by atomic mass is 32.2. The molecule has 2 aromatic carbocycles. The number of rotatable bonds is 5. The third kappa shape index (κ3) is 4.27. The molecule has 0 aromatic heterocycles. The topological polar surface area (TPSA) is 86.8 Å². The minimum Gasteiger partial charge on any atom is -0.348 e. The number of amides is 2. The van der Waals surface area contributed by atoms with Crippen LogP contribution in [0, 0.1) is 0 Å². The third-order valence-electron chi connectivity index (χ3n) is 7.67. The first-order valence-corrected chi connectivity index (χ1v) is 14.0. The van der Waals surface area contributed by atoms with E-state index in [0.717, 1.165) is 44.1 Å². The van der Waals surface area contributed by atoms with Crippen LogP contribution in [0.15, 0.2) is 47.4 Å². The van der Waals surface area contributed by atoms with Gasteiger partial charge in [0, 0.05) is 18.8 Å². The fourth-order valence-electron chi connectivity index (χ4n) is 5.67. The summed E-state index contributed by atoms with van der Waals surface area (Å²) in [7, 11) is -3.62. The molecule has 0 unspecified atom stereocenters. The first-order chi connectivity index (χ1) is 16.7. The van der Waals surface area contributed by atoms with Crippen molar-refractivity contribution in [2.45, 2.75) is 68.7 Å². The normalized spacial score (nSPS) is 21.9. The SMILES string of the molecule is CC1(C)C(=O)N(CC(=O)N[C@H]2CCCc3ccccc32)c2ccc(S(=O)(=O)N3CCCCC3)cc21. The number of hydrogen-bond donors (Lipinski definition) is 1. The van der Waals surface area contributed by atoms with Crippen molar-refractivity contribution in [1.82, 2.24) is 9.62 Å². The highest BCUT2D eigenvalue weighted by molar-refractivity contribution is 7.89. The van der Waals surface area contributed by atoms with Crippen LogP contribution in [-0.4, -0.2) is 44.2 Å². The van der Waals surface area contributed by atoms with Crippen LogP contribution in [-0.2, 0) is 31.4 Å². The molecular formula is C27H33N3O4S. The molecule has 1 N–H and O–H groups in total. The molecule has 2 aromatic rings. The van der Waals surface area contributed by atoms with Gasteiger partial charge < -0.3 is 10.2 Å². The molecule has 0 saturated carbocycles. The van der Waals surface area contributed by atoms with Gasteiger partial charge in [-0.1, -0.05) is 30.7 Å². The highest BCUT2D eigenvalue weighted by Crippen LogP contribution is 2.43. The molecule has 1 atom stereocenters. The van der Waals surface area contributed by atoms with Gasteiger partial charge in [-0.05, 0) is 80.8 Å². The number of carbonyl (C=O) groups is 2. The lowest BCUT2D eigenvalue weighted by molar-refractivity contribution is -0.126. The first kappa shape index (κ1) is 24.0. The number of benzene rings is 2. The van der Waals surface area contributed by atoms with Crippen LogP contribution in [0.2, 0.25) is 0 Å². The Morgan fingerprint density at radius 3 is 2.57 bits per heavy atom. The van der Waals surface area contributed by atoms with Gasteiger partial charge in [0.15, 0.2) is 0 Å². The van der Waals surface area contributed by atoms with E-state index in [1.54, 1.807) is 32.0 Å². The smallest absolute Gasteiger partial charge is 0.243 e. The van der Waals surface area contributed by atoms with E-state index >= 15 is 0 Å². The number of hydrogen-bond acceptors (Lipinski definition) is 4. The standard InChI is InChI=1S/C27H33N3O4S/c1-27(2)22-17-20(35(33,34)29-15-6-3-7-16-29)13-14-24(22)30(26(27)32)18-25(31)28-23-12-8-10-19-9-4-5-11-21(19)23/h4-5,9,11,13-14,17,23H,3,6-8,10,12,15-16,18H2,1-2H3,(H,28,31)/t23-/m0/s1. The fourth-order valence-corrected chi connectivity index (χ4v) is 7.22. The second-order valence-corrected chi connectivity index (χ2v) is 12.3. The van der Waals surface area contributed by atoms with Crippen LogP contribution >= 0.6 is 0 Å². The summed E-state index contributed by atoms with van der Waals surface area (Å²) < 4.78 is 28.0. The predicted octanol–water partition coefficient (Wildman–Crippen LogP) is 3.68. The molecule has 5 rings (SSSR count). The molecule has 35 heavy (non-hydrogen) atoms. The fraction of sp³-hybridized carbons (Fsp3) is 0.481. The summed E-state index contributed by atoms with van der Waals surface area (Å²) in [5.41, 5.74) is 2.75. The quantitative estimate of drug-likeness (QED) is 0.686. The van der Waals surface area contributed by atoms with E-state index in [0.29, 0.717) is 24.3 Å². The van der Waals surface area contributed by atoms with Crippen LogP contribution in [0.1, 0.15) is 68.7 Å². The molecule has 0 spiro atoms. The van der Waals surface area contributed by atoms with Gasteiger partial charge in [0.1, 0.15) is 6.54 Å². The van der Waals surface area contributed by atoms with E-state index in [9.17, 15) is 18.0 Å². The summed E-state index contributed by atoms with van der Waals surface area (Å²) in [5, 5.41) is 3.12. The monoisotopic (exact) mass is 495 g/mol. The van der Waals surface area contributed by atoms with Gasteiger partial charge in [-0.25, -0.2) is 8.42 Å². The lowest BCUT2D eigenvalue weighted by atomic mass is 9.86. The average Bonchev–Trinajstić information content (AvgIpc) is 3.05. The Bertz CT molecular complexity index is 1260. The molecule has 8 heteroatoms. The van der Waals surface area contributed by atoms with Crippen LogP contribution < -0.4 is 10.2 Å².